The molecular weight excluding hydrogens is 268 g/mol. The third-order valence-electron chi connectivity index (χ3n) is 3.70. The summed E-state index contributed by atoms with van der Waals surface area (Å²) in [5.74, 6) is 0.732. The molecule has 5 heteroatoms. The second kappa shape index (κ2) is 6.02. The Hall–Kier alpha value is -1.93. The van der Waals surface area contributed by atoms with Crippen LogP contribution in [0, 0.1) is 17.2 Å². The van der Waals surface area contributed by atoms with Crippen molar-refractivity contribution in [1.29, 1.82) is 5.26 Å². The smallest absolute Gasteiger partial charge is 0.191 e. The minimum Gasteiger partial charge on any atom is -0.196 e. The molecule has 0 aliphatic heterocycles. The predicted octanol–water partition coefficient (Wildman–Crippen LogP) is 4.00. The van der Waals surface area contributed by atoms with Crippen molar-refractivity contribution in [1.82, 2.24) is 15.4 Å². The van der Waals surface area contributed by atoms with Gasteiger partial charge in [0.2, 0.25) is 0 Å². The Morgan fingerprint density at radius 2 is 2.10 bits per heavy atom. The Labute approximate surface area is 122 Å². The average molecular weight is 284 g/mol. The third-order valence-corrected chi connectivity index (χ3v) is 4.75. The minimum absolute atomic E-state index is 0.356. The molecule has 1 aliphatic carbocycles. The number of hydrogen-bond donors (Lipinski definition) is 1. The van der Waals surface area contributed by atoms with Crippen molar-refractivity contribution in [2.24, 2.45) is 5.92 Å². The van der Waals surface area contributed by atoms with Crippen LogP contribution in [0.3, 0.4) is 0 Å². The average Bonchev–Trinajstić information content (AvgIpc) is 3.14. The maximum Gasteiger partial charge on any atom is 0.191 e. The van der Waals surface area contributed by atoms with Gasteiger partial charge in [-0.25, -0.2) is 0 Å². The van der Waals surface area contributed by atoms with Gasteiger partial charge in [0.05, 0.1) is 4.88 Å². The van der Waals surface area contributed by atoms with Gasteiger partial charge in [0.15, 0.2) is 5.69 Å². The van der Waals surface area contributed by atoms with Gasteiger partial charge in [-0.2, -0.15) is 15.6 Å². The summed E-state index contributed by atoms with van der Waals surface area (Å²) in [6.07, 6.45) is 11.3. The van der Waals surface area contributed by atoms with Crippen molar-refractivity contribution < 1.29 is 0 Å². The molecule has 20 heavy (non-hydrogen) atoms. The first kappa shape index (κ1) is 13.1. The molecule has 1 N–H and O–H groups in total. The summed E-state index contributed by atoms with van der Waals surface area (Å²) in [7, 11) is 0. The molecule has 0 atom stereocenters. The van der Waals surface area contributed by atoms with E-state index in [0.29, 0.717) is 11.4 Å². The molecular formula is C15H16N4S. The van der Waals surface area contributed by atoms with Crippen molar-refractivity contribution in [3.8, 4) is 16.6 Å². The Balaban J connectivity index is 1.74. The maximum atomic E-state index is 8.97. The van der Waals surface area contributed by atoms with Crippen LogP contribution in [0.25, 0.3) is 16.6 Å². The number of aromatic amines is 1. The predicted molar refractivity (Wildman–Crippen MR) is 80.0 cm³/mol. The number of allylic oxidation sites excluding steroid dienone is 1. The molecule has 2 heterocycles. The number of thiophene rings is 1. The zero-order valence-electron chi connectivity index (χ0n) is 11.2. The van der Waals surface area contributed by atoms with E-state index in [9.17, 15) is 0 Å². The van der Waals surface area contributed by atoms with Crippen LogP contribution >= 0.6 is 11.3 Å². The molecule has 0 bridgehead atoms. The lowest BCUT2D eigenvalue weighted by molar-refractivity contribution is 0.420. The van der Waals surface area contributed by atoms with Gasteiger partial charge in [0.1, 0.15) is 11.8 Å². The van der Waals surface area contributed by atoms with Crippen LogP contribution in [-0.4, -0.2) is 15.4 Å². The largest absolute Gasteiger partial charge is 0.196 e. The summed E-state index contributed by atoms with van der Waals surface area (Å²) in [6, 6.07) is 6.13. The third kappa shape index (κ3) is 2.81. The summed E-state index contributed by atoms with van der Waals surface area (Å²) in [4.78, 5) is 2.19. The van der Waals surface area contributed by atoms with E-state index in [1.807, 2.05) is 6.07 Å². The molecule has 0 amide bonds. The lowest BCUT2D eigenvalue weighted by atomic mass is 9.89. The van der Waals surface area contributed by atoms with Crippen LogP contribution in [0.5, 0.6) is 0 Å². The second-order valence-electron chi connectivity index (χ2n) is 5.09. The number of H-pyrrole nitrogens is 1. The Morgan fingerprint density at radius 1 is 1.25 bits per heavy atom. The molecule has 1 aliphatic rings. The van der Waals surface area contributed by atoms with Gasteiger partial charge in [0, 0.05) is 4.88 Å². The van der Waals surface area contributed by atoms with Crippen molar-refractivity contribution in [3.63, 3.8) is 0 Å². The second-order valence-corrected chi connectivity index (χ2v) is 6.21. The topological polar surface area (TPSA) is 65.4 Å². The van der Waals surface area contributed by atoms with E-state index in [1.54, 1.807) is 11.3 Å². The highest BCUT2D eigenvalue weighted by molar-refractivity contribution is 7.16. The van der Waals surface area contributed by atoms with E-state index >= 15 is 0 Å². The normalized spacial score (nSPS) is 16.6. The first-order valence-corrected chi connectivity index (χ1v) is 7.78. The Kier molecular flexibility index (Phi) is 3.93. The van der Waals surface area contributed by atoms with E-state index in [0.717, 1.165) is 10.8 Å². The van der Waals surface area contributed by atoms with Crippen LogP contribution in [0.4, 0.5) is 0 Å². The molecule has 0 unspecified atom stereocenters. The van der Waals surface area contributed by atoms with E-state index < -0.39 is 0 Å². The van der Waals surface area contributed by atoms with Crippen LogP contribution in [-0.2, 0) is 0 Å². The molecule has 4 nitrogen and oxygen atoms in total. The standard InChI is InChI=1S/C15H16N4S/c16-10-13-15(18-19-17-13)14-9-8-12(20-14)7-6-11-4-2-1-3-5-11/h6-9,11H,1-5H2,(H,17,18,19)/b7-6+. The fraction of sp³-hybridized carbons (Fsp3) is 0.400. The summed E-state index contributed by atoms with van der Waals surface area (Å²) >= 11 is 1.65. The number of hydrogen-bond acceptors (Lipinski definition) is 4. The number of nitriles is 1. The van der Waals surface area contributed by atoms with Gasteiger partial charge in [-0.05, 0) is 37.0 Å². The molecule has 0 saturated heterocycles. The molecule has 1 saturated carbocycles. The van der Waals surface area contributed by atoms with Crippen molar-refractivity contribution >= 4 is 17.4 Å². The molecule has 0 radical (unpaired) electrons. The molecule has 0 aromatic carbocycles. The molecule has 1 fully saturated rings. The monoisotopic (exact) mass is 284 g/mol. The highest BCUT2D eigenvalue weighted by Gasteiger charge is 2.12. The molecule has 3 rings (SSSR count). The summed E-state index contributed by atoms with van der Waals surface area (Å²) in [5, 5.41) is 19.4. The van der Waals surface area contributed by atoms with Crippen molar-refractivity contribution in [2.45, 2.75) is 32.1 Å². The van der Waals surface area contributed by atoms with Gasteiger partial charge < -0.3 is 0 Å². The first-order chi connectivity index (χ1) is 9.86. The van der Waals surface area contributed by atoms with E-state index in [1.165, 1.54) is 37.0 Å². The van der Waals surface area contributed by atoms with Gasteiger partial charge >= 0.3 is 0 Å². The first-order valence-electron chi connectivity index (χ1n) is 6.96. The van der Waals surface area contributed by atoms with Crippen molar-refractivity contribution in [2.75, 3.05) is 0 Å². The maximum absolute atomic E-state index is 8.97. The highest BCUT2D eigenvalue weighted by Crippen LogP contribution is 2.30. The Morgan fingerprint density at radius 3 is 2.90 bits per heavy atom. The number of aromatic nitrogens is 3. The van der Waals surface area contributed by atoms with Gasteiger partial charge in [-0.3, -0.25) is 0 Å². The van der Waals surface area contributed by atoms with Crippen LogP contribution in [0.1, 0.15) is 42.7 Å². The van der Waals surface area contributed by atoms with Gasteiger partial charge in [-0.15, -0.1) is 16.4 Å². The molecule has 102 valence electrons. The van der Waals surface area contributed by atoms with E-state index in [-0.39, 0.29) is 0 Å². The molecule has 2 aromatic rings. The number of nitrogens with zero attached hydrogens (tertiary/aromatic N) is 3. The summed E-state index contributed by atoms with van der Waals surface area (Å²) in [5.41, 5.74) is 1.00. The van der Waals surface area contributed by atoms with Crippen molar-refractivity contribution in [3.05, 3.63) is 28.8 Å². The minimum atomic E-state index is 0.356. The Bertz CT molecular complexity index is 641. The van der Waals surface area contributed by atoms with Crippen LogP contribution in [0.15, 0.2) is 18.2 Å². The van der Waals surface area contributed by atoms with Crippen LogP contribution in [0.2, 0.25) is 0 Å². The van der Waals surface area contributed by atoms with E-state index in [2.05, 4.69) is 39.7 Å². The fourth-order valence-electron chi connectivity index (χ4n) is 2.61. The zero-order valence-corrected chi connectivity index (χ0v) is 12.0. The van der Waals surface area contributed by atoms with Gasteiger partial charge in [0.25, 0.3) is 0 Å². The lowest BCUT2D eigenvalue weighted by Gasteiger charge is -2.17. The quantitative estimate of drug-likeness (QED) is 0.926. The van der Waals surface area contributed by atoms with Crippen LogP contribution < -0.4 is 0 Å². The summed E-state index contributed by atoms with van der Waals surface area (Å²) in [6.45, 7) is 0. The number of rotatable bonds is 3. The van der Waals surface area contributed by atoms with Gasteiger partial charge in [-0.1, -0.05) is 25.3 Å². The zero-order chi connectivity index (χ0) is 13.8. The SMILES string of the molecule is N#Cc1n[nH]nc1-c1ccc(/C=C/C2CCCCC2)s1. The molecule has 2 aromatic heterocycles. The fourth-order valence-corrected chi connectivity index (χ4v) is 3.52. The number of nitrogens with one attached hydrogen (secondary N) is 1. The molecule has 0 spiro atoms. The lowest BCUT2D eigenvalue weighted by Crippen LogP contribution is -2.02. The van der Waals surface area contributed by atoms with E-state index in [4.69, 9.17) is 5.26 Å². The summed E-state index contributed by atoms with van der Waals surface area (Å²) < 4.78 is 0. The highest BCUT2D eigenvalue weighted by atomic mass is 32.1.